The van der Waals surface area contributed by atoms with Gasteiger partial charge in [0.15, 0.2) is 0 Å². The molecule has 0 aromatic rings. The molecule has 0 amide bonds. The summed E-state index contributed by atoms with van der Waals surface area (Å²) in [6.45, 7) is 5.35. The molecule has 0 aliphatic carbocycles. The van der Waals surface area contributed by atoms with E-state index in [0.717, 1.165) is 13.0 Å². The summed E-state index contributed by atoms with van der Waals surface area (Å²) in [7, 11) is 3.53. The number of ether oxygens (including phenoxy) is 1. The molecule has 2 atom stereocenters. The Morgan fingerprint density at radius 1 is 1.38 bits per heavy atom. The highest BCUT2D eigenvalue weighted by Crippen LogP contribution is 2.10. The first-order chi connectivity index (χ1) is 6.13. The standard InChI is InChI=1S/C10H21NO2/c1-8(5-6-13-4)10(12)9(2)7-11-3/h8-9,11H,5-7H2,1-4H3. The highest BCUT2D eigenvalue weighted by molar-refractivity contribution is 5.82. The van der Waals surface area contributed by atoms with Gasteiger partial charge in [0.05, 0.1) is 0 Å². The Balaban J connectivity index is 3.79. The zero-order chi connectivity index (χ0) is 10.3. The van der Waals surface area contributed by atoms with E-state index in [1.807, 2.05) is 20.9 Å². The molecule has 0 rings (SSSR count). The maximum atomic E-state index is 11.6. The Bertz CT molecular complexity index is 148. The van der Waals surface area contributed by atoms with E-state index in [-0.39, 0.29) is 11.8 Å². The fraction of sp³-hybridized carbons (Fsp3) is 0.900. The molecule has 0 saturated heterocycles. The van der Waals surface area contributed by atoms with Crippen molar-refractivity contribution in [1.29, 1.82) is 0 Å². The average Bonchev–Trinajstić information content (AvgIpc) is 2.13. The van der Waals surface area contributed by atoms with Crippen LogP contribution in [-0.4, -0.2) is 33.1 Å². The zero-order valence-electron chi connectivity index (χ0n) is 9.09. The number of Topliss-reactive ketones (excluding diaryl/α,β-unsaturated/α-hetero) is 1. The van der Waals surface area contributed by atoms with Crippen molar-refractivity contribution >= 4 is 5.78 Å². The van der Waals surface area contributed by atoms with Gasteiger partial charge in [0.25, 0.3) is 0 Å². The predicted octanol–water partition coefficient (Wildman–Crippen LogP) is 1.08. The monoisotopic (exact) mass is 187 g/mol. The Morgan fingerprint density at radius 2 is 2.00 bits per heavy atom. The SMILES string of the molecule is CNCC(C)C(=O)C(C)CCOC. The maximum Gasteiger partial charge on any atom is 0.139 e. The quantitative estimate of drug-likeness (QED) is 0.648. The molecule has 3 heteroatoms. The van der Waals surface area contributed by atoms with Crippen LogP contribution in [0.5, 0.6) is 0 Å². The molecular formula is C10H21NO2. The summed E-state index contributed by atoms with van der Waals surface area (Å²) in [5.74, 6) is 0.548. The van der Waals surface area contributed by atoms with Crippen molar-refractivity contribution in [1.82, 2.24) is 5.32 Å². The van der Waals surface area contributed by atoms with Crippen LogP contribution in [0.2, 0.25) is 0 Å². The van der Waals surface area contributed by atoms with Crippen molar-refractivity contribution in [2.45, 2.75) is 20.3 Å². The summed E-state index contributed by atoms with van der Waals surface area (Å²) in [4.78, 5) is 11.6. The molecule has 0 aromatic heterocycles. The van der Waals surface area contributed by atoms with Crippen LogP contribution in [0, 0.1) is 11.8 Å². The van der Waals surface area contributed by atoms with Gasteiger partial charge in [-0.25, -0.2) is 0 Å². The van der Waals surface area contributed by atoms with Gasteiger partial charge in [0.1, 0.15) is 5.78 Å². The molecule has 0 heterocycles. The molecule has 78 valence electrons. The van der Waals surface area contributed by atoms with E-state index in [2.05, 4.69) is 5.32 Å². The van der Waals surface area contributed by atoms with Gasteiger partial charge in [0, 0.05) is 32.1 Å². The molecule has 0 radical (unpaired) electrons. The lowest BCUT2D eigenvalue weighted by Crippen LogP contribution is -2.28. The van der Waals surface area contributed by atoms with E-state index in [4.69, 9.17) is 4.74 Å². The van der Waals surface area contributed by atoms with E-state index in [9.17, 15) is 4.79 Å². The summed E-state index contributed by atoms with van der Waals surface area (Å²) < 4.78 is 4.93. The van der Waals surface area contributed by atoms with Crippen molar-refractivity contribution in [2.24, 2.45) is 11.8 Å². The third-order valence-corrected chi connectivity index (χ3v) is 2.24. The van der Waals surface area contributed by atoms with Crippen LogP contribution in [0.15, 0.2) is 0 Å². The van der Waals surface area contributed by atoms with Crippen LogP contribution in [0.1, 0.15) is 20.3 Å². The smallest absolute Gasteiger partial charge is 0.139 e. The van der Waals surface area contributed by atoms with Gasteiger partial charge < -0.3 is 10.1 Å². The molecule has 0 spiro atoms. The minimum Gasteiger partial charge on any atom is -0.385 e. The number of hydrogen-bond donors (Lipinski definition) is 1. The molecule has 0 fully saturated rings. The first-order valence-electron chi connectivity index (χ1n) is 4.80. The number of carbonyl (C=O) groups excluding carboxylic acids is 1. The first kappa shape index (κ1) is 12.6. The molecule has 2 unspecified atom stereocenters. The molecule has 0 aliphatic rings. The minimum absolute atomic E-state index is 0.108. The number of ketones is 1. The Labute approximate surface area is 80.8 Å². The summed E-state index contributed by atoms with van der Waals surface area (Å²) >= 11 is 0. The van der Waals surface area contributed by atoms with Gasteiger partial charge in [-0.05, 0) is 13.5 Å². The number of methoxy groups -OCH3 is 1. The number of carbonyl (C=O) groups is 1. The second-order valence-corrected chi connectivity index (χ2v) is 3.54. The topological polar surface area (TPSA) is 38.3 Å². The molecule has 0 aliphatic heterocycles. The molecule has 3 nitrogen and oxygen atoms in total. The van der Waals surface area contributed by atoms with Crippen molar-refractivity contribution in [3.8, 4) is 0 Å². The average molecular weight is 187 g/mol. The van der Waals surface area contributed by atoms with E-state index >= 15 is 0 Å². The van der Waals surface area contributed by atoms with Gasteiger partial charge in [-0.3, -0.25) is 4.79 Å². The number of nitrogens with one attached hydrogen (secondary N) is 1. The Kier molecular flexibility index (Phi) is 6.82. The fourth-order valence-electron chi connectivity index (χ4n) is 1.33. The van der Waals surface area contributed by atoms with Crippen LogP contribution in [0.25, 0.3) is 0 Å². The van der Waals surface area contributed by atoms with E-state index in [1.54, 1.807) is 7.11 Å². The largest absolute Gasteiger partial charge is 0.385 e. The molecule has 0 saturated carbocycles. The predicted molar refractivity (Wildman–Crippen MR) is 53.8 cm³/mol. The molecule has 1 N–H and O–H groups in total. The normalized spacial score (nSPS) is 15.4. The van der Waals surface area contributed by atoms with E-state index < -0.39 is 0 Å². The number of hydrogen-bond acceptors (Lipinski definition) is 3. The van der Waals surface area contributed by atoms with Crippen LogP contribution in [-0.2, 0) is 9.53 Å². The molecule has 13 heavy (non-hydrogen) atoms. The van der Waals surface area contributed by atoms with Gasteiger partial charge in [-0.2, -0.15) is 0 Å². The molecule has 0 bridgehead atoms. The summed E-state index contributed by atoms with van der Waals surface area (Å²) in [5.41, 5.74) is 0. The van der Waals surface area contributed by atoms with E-state index in [1.165, 1.54) is 0 Å². The summed E-state index contributed by atoms with van der Waals surface area (Å²) in [5, 5.41) is 3.01. The van der Waals surface area contributed by atoms with Crippen molar-refractivity contribution < 1.29 is 9.53 Å². The van der Waals surface area contributed by atoms with Crippen molar-refractivity contribution in [3.63, 3.8) is 0 Å². The lowest BCUT2D eigenvalue weighted by molar-refractivity contribution is -0.126. The van der Waals surface area contributed by atoms with E-state index in [0.29, 0.717) is 12.4 Å². The molecular weight excluding hydrogens is 166 g/mol. The van der Waals surface area contributed by atoms with Crippen molar-refractivity contribution in [3.05, 3.63) is 0 Å². The highest BCUT2D eigenvalue weighted by atomic mass is 16.5. The van der Waals surface area contributed by atoms with Crippen LogP contribution < -0.4 is 5.32 Å². The third kappa shape index (κ3) is 5.01. The Hall–Kier alpha value is -0.410. The molecule has 0 aromatic carbocycles. The van der Waals surface area contributed by atoms with Crippen LogP contribution >= 0.6 is 0 Å². The fourth-order valence-corrected chi connectivity index (χ4v) is 1.33. The minimum atomic E-state index is 0.108. The summed E-state index contributed by atoms with van der Waals surface area (Å²) in [6, 6.07) is 0. The van der Waals surface area contributed by atoms with Crippen LogP contribution in [0.4, 0.5) is 0 Å². The zero-order valence-corrected chi connectivity index (χ0v) is 9.09. The van der Waals surface area contributed by atoms with Crippen LogP contribution in [0.3, 0.4) is 0 Å². The third-order valence-electron chi connectivity index (χ3n) is 2.24. The Morgan fingerprint density at radius 3 is 2.46 bits per heavy atom. The van der Waals surface area contributed by atoms with Gasteiger partial charge in [-0.15, -0.1) is 0 Å². The summed E-state index contributed by atoms with van der Waals surface area (Å²) in [6.07, 6.45) is 0.823. The highest BCUT2D eigenvalue weighted by Gasteiger charge is 2.18. The maximum absolute atomic E-state index is 11.6. The van der Waals surface area contributed by atoms with Crippen molar-refractivity contribution in [2.75, 3.05) is 27.3 Å². The second kappa shape index (κ2) is 7.04. The van der Waals surface area contributed by atoms with Gasteiger partial charge >= 0.3 is 0 Å². The lowest BCUT2D eigenvalue weighted by Gasteiger charge is -2.15. The second-order valence-electron chi connectivity index (χ2n) is 3.54. The van der Waals surface area contributed by atoms with Gasteiger partial charge in [0.2, 0.25) is 0 Å². The van der Waals surface area contributed by atoms with Gasteiger partial charge in [-0.1, -0.05) is 13.8 Å². The lowest BCUT2D eigenvalue weighted by atomic mass is 9.93. The number of rotatable bonds is 7. The first-order valence-corrected chi connectivity index (χ1v) is 4.80.